The molecule has 1 aliphatic carbocycles. The van der Waals surface area contributed by atoms with Gasteiger partial charge in [0.2, 0.25) is 0 Å². The van der Waals surface area contributed by atoms with Gasteiger partial charge in [0.1, 0.15) is 0 Å². The minimum absolute atomic E-state index is 0.461. The van der Waals surface area contributed by atoms with E-state index in [1.165, 1.54) is 64.6 Å². The van der Waals surface area contributed by atoms with Crippen molar-refractivity contribution < 1.29 is 0 Å². The molecule has 2 aliphatic rings. The van der Waals surface area contributed by atoms with Crippen LogP contribution < -0.4 is 5.32 Å². The van der Waals surface area contributed by atoms with E-state index in [0.29, 0.717) is 17.0 Å². The molecule has 1 unspecified atom stereocenters. The maximum absolute atomic E-state index is 3.81. The van der Waals surface area contributed by atoms with Gasteiger partial charge in [-0.3, -0.25) is 4.90 Å². The third kappa shape index (κ3) is 3.95. The monoisotopic (exact) mass is 266 g/mol. The summed E-state index contributed by atoms with van der Waals surface area (Å²) in [6.45, 7) is 13.2. The van der Waals surface area contributed by atoms with Crippen molar-refractivity contribution >= 4 is 0 Å². The smallest absolute Gasteiger partial charge is 0.0334 e. The van der Waals surface area contributed by atoms with Gasteiger partial charge in [-0.15, -0.1) is 0 Å². The lowest BCUT2D eigenvalue weighted by Crippen LogP contribution is -2.65. The number of rotatable bonds is 3. The second kappa shape index (κ2) is 6.13. The van der Waals surface area contributed by atoms with E-state index in [4.69, 9.17) is 0 Å². The molecule has 1 saturated carbocycles. The minimum atomic E-state index is 0.461. The fourth-order valence-electron chi connectivity index (χ4n) is 3.75. The van der Waals surface area contributed by atoms with Crippen LogP contribution >= 0.6 is 0 Å². The highest BCUT2D eigenvalue weighted by molar-refractivity contribution is 5.00. The summed E-state index contributed by atoms with van der Waals surface area (Å²) in [7, 11) is 0. The molecule has 112 valence electrons. The topological polar surface area (TPSA) is 15.3 Å². The second-order valence-corrected chi connectivity index (χ2v) is 8.03. The van der Waals surface area contributed by atoms with E-state index in [9.17, 15) is 0 Å². The SMILES string of the molecule is CCC1CN(CCC(C)(C)C)C2(CCCCC2)CN1. The third-order valence-corrected chi connectivity index (χ3v) is 5.24. The molecule has 2 fully saturated rings. The molecule has 1 spiro atoms. The van der Waals surface area contributed by atoms with Crippen molar-refractivity contribution in [3.05, 3.63) is 0 Å². The summed E-state index contributed by atoms with van der Waals surface area (Å²) in [5.41, 5.74) is 0.956. The number of nitrogens with one attached hydrogen (secondary N) is 1. The molecule has 0 aromatic carbocycles. The van der Waals surface area contributed by atoms with Crippen LogP contribution in [-0.2, 0) is 0 Å². The summed E-state index contributed by atoms with van der Waals surface area (Å²) in [6.07, 6.45) is 9.75. The van der Waals surface area contributed by atoms with Crippen LogP contribution in [0.2, 0.25) is 0 Å². The van der Waals surface area contributed by atoms with Gasteiger partial charge in [-0.1, -0.05) is 47.0 Å². The largest absolute Gasteiger partial charge is 0.311 e. The molecule has 0 radical (unpaired) electrons. The number of nitrogens with zero attached hydrogens (tertiary/aromatic N) is 1. The van der Waals surface area contributed by atoms with E-state index in [1.807, 2.05) is 0 Å². The highest BCUT2D eigenvalue weighted by Crippen LogP contribution is 2.36. The van der Waals surface area contributed by atoms with Crippen LogP contribution in [0.25, 0.3) is 0 Å². The zero-order valence-corrected chi connectivity index (χ0v) is 13.6. The van der Waals surface area contributed by atoms with E-state index < -0.39 is 0 Å². The van der Waals surface area contributed by atoms with Crippen molar-refractivity contribution in [1.29, 1.82) is 0 Å². The molecule has 0 aromatic heterocycles. The summed E-state index contributed by atoms with van der Waals surface area (Å²) in [6, 6.07) is 0.715. The minimum Gasteiger partial charge on any atom is -0.311 e. The maximum Gasteiger partial charge on any atom is 0.0334 e. The summed E-state index contributed by atoms with van der Waals surface area (Å²) < 4.78 is 0. The first kappa shape index (κ1) is 15.3. The Kier molecular flexibility index (Phi) is 4.94. The van der Waals surface area contributed by atoms with Gasteiger partial charge < -0.3 is 5.32 Å². The first-order valence-corrected chi connectivity index (χ1v) is 8.44. The van der Waals surface area contributed by atoms with Crippen molar-refractivity contribution in [1.82, 2.24) is 10.2 Å². The molecule has 1 aliphatic heterocycles. The fourth-order valence-corrected chi connectivity index (χ4v) is 3.75. The molecule has 2 nitrogen and oxygen atoms in total. The van der Waals surface area contributed by atoms with E-state index in [2.05, 4.69) is 37.9 Å². The Balaban J connectivity index is 2.02. The molecule has 2 rings (SSSR count). The molecule has 0 bridgehead atoms. The van der Waals surface area contributed by atoms with Crippen LogP contribution in [0.1, 0.15) is 72.6 Å². The first-order valence-electron chi connectivity index (χ1n) is 8.44. The van der Waals surface area contributed by atoms with E-state index >= 15 is 0 Å². The Morgan fingerprint density at radius 3 is 2.42 bits per heavy atom. The lowest BCUT2D eigenvalue weighted by atomic mass is 9.77. The van der Waals surface area contributed by atoms with Crippen LogP contribution in [0.5, 0.6) is 0 Å². The Morgan fingerprint density at radius 2 is 1.84 bits per heavy atom. The van der Waals surface area contributed by atoms with Crippen LogP contribution in [0.3, 0.4) is 0 Å². The predicted octanol–water partition coefficient (Wildman–Crippen LogP) is 3.81. The van der Waals surface area contributed by atoms with Gasteiger partial charge in [0.25, 0.3) is 0 Å². The number of hydrogen-bond donors (Lipinski definition) is 1. The lowest BCUT2D eigenvalue weighted by molar-refractivity contribution is 0.00266. The Labute approximate surface area is 120 Å². The Bertz CT molecular complexity index is 273. The van der Waals surface area contributed by atoms with Crippen LogP contribution in [-0.4, -0.2) is 36.1 Å². The van der Waals surface area contributed by atoms with Gasteiger partial charge in [0.05, 0.1) is 0 Å². The van der Waals surface area contributed by atoms with Gasteiger partial charge in [0, 0.05) is 24.7 Å². The quantitative estimate of drug-likeness (QED) is 0.835. The summed E-state index contributed by atoms with van der Waals surface area (Å²) in [4.78, 5) is 2.86. The zero-order chi connectivity index (χ0) is 13.9. The van der Waals surface area contributed by atoms with Crippen molar-refractivity contribution in [2.75, 3.05) is 19.6 Å². The van der Waals surface area contributed by atoms with E-state index in [-0.39, 0.29) is 0 Å². The van der Waals surface area contributed by atoms with Crippen molar-refractivity contribution in [2.45, 2.75) is 84.2 Å². The molecule has 1 heterocycles. The molecule has 2 heteroatoms. The molecule has 1 saturated heterocycles. The Morgan fingerprint density at radius 1 is 1.16 bits per heavy atom. The summed E-state index contributed by atoms with van der Waals surface area (Å²) in [5, 5.41) is 3.81. The maximum atomic E-state index is 3.81. The summed E-state index contributed by atoms with van der Waals surface area (Å²) in [5.74, 6) is 0. The second-order valence-electron chi connectivity index (χ2n) is 8.03. The fraction of sp³-hybridized carbons (Fsp3) is 1.00. The first-order chi connectivity index (χ1) is 8.95. The average molecular weight is 266 g/mol. The highest BCUT2D eigenvalue weighted by atomic mass is 15.3. The molecule has 1 atom stereocenters. The average Bonchev–Trinajstić information content (AvgIpc) is 2.38. The van der Waals surface area contributed by atoms with Gasteiger partial charge in [-0.2, -0.15) is 0 Å². The van der Waals surface area contributed by atoms with Gasteiger partial charge in [0.15, 0.2) is 0 Å². The van der Waals surface area contributed by atoms with E-state index in [0.717, 1.165) is 0 Å². The molecule has 0 aromatic rings. The standard InChI is InChI=1S/C17H34N2/c1-5-15-13-19(12-11-16(2,3)4)17(14-18-15)9-7-6-8-10-17/h15,18H,5-14H2,1-4H3. The molecule has 19 heavy (non-hydrogen) atoms. The van der Waals surface area contributed by atoms with Crippen LogP contribution in [0.15, 0.2) is 0 Å². The predicted molar refractivity (Wildman–Crippen MR) is 83.5 cm³/mol. The molecule has 0 amide bonds. The molecular formula is C17H34N2. The number of piperazine rings is 1. The zero-order valence-electron chi connectivity index (χ0n) is 13.6. The van der Waals surface area contributed by atoms with Gasteiger partial charge in [-0.05, 0) is 37.6 Å². The van der Waals surface area contributed by atoms with Crippen molar-refractivity contribution in [2.24, 2.45) is 5.41 Å². The number of hydrogen-bond acceptors (Lipinski definition) is 2. The molecular weight excluding hydrogens is 232 g/mol. The van der Waals surface area contributed by atoms with Crippen LogP contribution in [0, 0.1) is 5.41 Å². The molecule has 1 N–H and O–H groups in total. The summed E-state index contributed by atoms with van der Waals surface area (Å²) >= 11 is 0. The third-order valence-electron chi connectivity index (χ3n) is 5.24. The van der Waals surface area contributed by atoms with Crippen LogP contribution in [0.4, 0.5) is 0 Å². The lowest BCUT2D eigenvalue weighted by Gasteiger charge is -2.52. The Hall–Kier alpha value is -0.0800. The highest BCUT2D eigenvalue weighted by Gasteiger charge is 2.41. The normalized spacial score (nSPS) is 28.7. The van der Waals surface area contributed by atoms with Gasteiger partial charge in [-0.25, -0.2) is 0 Å². The van der Waals surface area contributed by atoms with Gasteiger partial charge >= 0.3 is 0 Å². The van der Waals surface area contributed by atoms with Crippen molar-refractivity contribution in [3.8, 4) is 0 Å². The van der Waals surface area contributed by atoms with Crippen molar-refractivity contribution in [3.63, 3.8) is 0 Å². The van der Waals surface area contributed by atoms with E-state index in [1.54, 1.807) is 0 Å².